The maximum atomic E-state index is 10.7. The highest BCUT2D eigenvalue weighted by Crippen LogP contribution is 2.27. The zero-order valence-corrected chi connectivity index (χ0v) is 9.09. The quantitative estimate of drug-likeness (QED) is 0.646. The van der Waals surface area contributed by atoms with Gasteiger partial charge in [0.1, 0.15) is 0 Å². The number of hydrogen-bond acceptors (Lipinski definition) is 4. The van der Waals surface area contributed by atoms with Gasteiger partial charge >= 0.3 is 11.9 Å². The lowest BCUT2D eigenvalue weighted by Crippen LogP contribution is -2.06. The molecule has 1 aromatic rings. The van der Waals surface area contributed by atoms with Gasteiger partial charge in [-0.05, 0) is 15.9 Å². The number of nitro groups is 1. The summed E-state index contributed by atoms with van der Waals surface area (Å²) in [6.45, 7) is 0. The Balaban J connectivity index is 3.57. The third-order valence-corrected chi connectivity index (χ3v) is 2.58. The fourth-order valence-electron chi connectivity index (χ4n) is 1.03. The molecule has 1 aromatic carbocycles. The molecular formula is C8H4BrNO6. The van der Waals surface area contributed by atoms with Gasteiger partial charge in [0.15, 0.2) is 0 Å². The average Bonchev–Trinajstić information content (AvgIpc) is 2.16. The largest absolute Gasteiger partial charge is 0.478 e. The van der Waals surface area contributed by atoms with Gasteiger partial charge < -0.3 is 10.2 Å². The first kappa shape index (κ1) is 12.1. The van der Waals surface area contributed by atoms with Crippen LogP contribution in [0.15, 0.2) is 16.6 Å². The van der Waals surface area contributed by atoms with Crippen LogP contribution in [0.3, 0.4) is 0 Å². The summed E-state index contributed by atoms with van der Waals surface area (Å²) in [5, 5.41) is 27.9. The van der Waals surface area contributed by atoms with Gasteiger partial charge in [0.05, 0.1) is 16.1 Å². The first-order valence-corrected chi connectivity index (χ1v) is 4.58. The predicted octanol–water partition coefficient (Wildman–Crippen LogP) is 1.75. The molecule has 2 N–H and O–H groups in total. The molecule has 0 heterocycles. The van der Waals surface area contributed by atoms with E-state index in [4.69, 9.17) is 10.2 Å². The smallest absolute Gasteiger partial charge is 0.337 e. The van der Waals surface area contributed by atoms with Gasteiger partial charge in [0.2, 0.25) is 0 Å². The Morgan fingerprint density at radius 3 is 1.81 bits per heavy atom. The molecule has 8 heteroatoms. The van der Waals surface area contributed by atoms with Crippen LogP contribution in [0.25, 0.3) is 0 Å². The van der Waals surface area contributed by atoms with E-state index in [1.165, 1.54) is 0 Å². The summed E-state index contributed by atoms with van der Waals surface area (Å²) in [7, 11) is 0. The van der Waals surface area contributed by atoms with Crippen molar-refractivity contribution in [2.45, 2.75) is 0 Å². The molecule has 0 saturated carbocycles. The highest BCUT2D eigenvalue weighted by atomic mass is 79.9. The Morgan fingerprint density at radius 1 is 1.19 bits per heavy atom. The second kappa shape index (κ2) is 4.27. The maximum Gasteiger partial charge on any atom is 0.337 e. The second-order valence-electron chi connectivity index (χ2n) is 2.72. The average molecular weight is 290 g/mol. The summed E-state index contributed by atoms with van der Waals surface area (Å²) in [6, 6.07) is 1.58. The van der Waals surface area contributed by atoms with Gasteiger partial charge in [-0.15, -0.1) is 0 Å². The highest BCUT2D eigenvalue weighted by Gasteiger charge is 2.22. The number of rotatable bonds is 3. The van der Waals surface area contributed by atoms with Crippen molar-refractivity contribution < 1.29 is 24.7 Å². The molecule has 1 rings (SSSR count). The van der Waals surface area contributed by atoms with Crippen LogP contribution in [0.5, 0.6) is 0 Å². The summed E-state index contributed by atoms with van der Waals surface area (Å²) in [5.41, 5.74) is -1.52. The van der Waals surface area contributed by atoms with Gasteiger partial charge in [-0.3, -0.25) is 10.1 Å². The molecule has 0 amide bonds. The Kier molecular flexibility index (Phi) is 3.23. The van der Waals surface area contributed by atoms with E-state index in [2.05, 4.69) is 15.9 Å². The molecule has 0 aliphatic rings. The van der Waals surface area contributed by atoms with Crippen LogP contribution in [0, 0.1) is 10.1 Å². The number of non-ortho nitro benzene ring substituents is 1. The molecule has 0 radical (unpaired) electrons. The third kappa shape index (κ3) is 2.16. The van der Waals surface area contributed by atoms with Crippen molar-refractivity contribution in [3.05, 3.63) is 37.8 Å². The molecule has 0 unspecified atom stereocenters. The Hall–Kier alpha value is -1.96. The number of nitrogens with zero attached hydrogens (tertiary/aromatic N) is 1. The van der Waals surface area contributed by atoms with E-state index in [1.54, 1.807) is 0 Å². The lowest BCUT2D eigenvalue weighted by molar-refractivity contribution is -0.384. The molecule has 0 aromatic heterocycles. The van der Waals surface area contributed by atoms with Crippen LogP contribution < -0.4 is 0 Å². The lowest BCUT2D eigenvalue weighted by Gasteiger charge is -2.03. The van der Waals surface area contributed by atoms with Crippen molar-refractivity contribution in [3.63, 3.8) is 0 Å². The van der Waals surface area contributed by atoms with Crippen molar-refractivity contribution in [1.29, 1.82) is 0 Å². The van der Waals surface area contributed by atoms with Crippen LogP contribution in [0.2, 0.25) is 0 Å². The molecular weight excluding hydrogens is 286 g/mol. The molecule has 0 aliphatic carbocycles. The van der Waals surface area contributed by atoms with E-state index < -0.39 is 33.7 Å². The number of carboxylic acids is 2. The van der Waals surface area contributed by atoms with Crippen LogP contribution >= 0.6 is 15.9 Å². The molecule has 84 valence electrons. The van der Waals surface area contributed by atoms with Crippen molar-refractivity contribution in [1.82, 2.24) is 0 Å². The van der Waals surface area contributed by atoms with E-state index >= 15 is 0 Å². The maximum absolute atomic E-state index is 10.7. The number of hydrogen-bond donors (Lipinski definition) is 2. The first-order valence-electron chi connectivity index (χ1n) is 3.79. The van der Waals surface area contributed by atoms with Crippen molar-refractivity contribution in [2.24, 2.45) is 0 Å². The zero-order chi connectivity index (χ0) is 12.5. The van der Waals surface area contributed by atoms with Gasteiger partial charge in [-0.2, -0.15) is 0 Å². The number of aromatic carboxylic acids is 2. The molecule has 0 spiro atoms. The summed E-state index contributed by atoms with van der Waals surface area (Å²) < 4.78 is -0.196. The third-order valence-electron chi connectivity index (χ3n) is 1.73. The molecule has 0 fully saturated rings. The van der Waals surface area contributed by atoms with E-state index in [1.807, 2.05) is 0 Å². The topological polar surface area (TPSA) is 118 Å². The SMILES string of the molecule is O=C(O)c1cc([N+](=O)[O-])cc(C(=O)O)c1Br. The summed E-state index contributed by atoms with van der Waals surface area (Å²) in [6.07, 6.45) is 0. The molecule has 0 saturated heterocycles. The number of carbonyl (C=O) groups is 2. The number of carboxylic acid groups (broad SMARTS) is 2. The van der Waals surface area contributed by atoms with Crippen molar-refractivity contribution in [2.75, 3.05) is 0 Å². The van der Waals surface area contributed by atoms with E-state index in [0.29, 0.717) is 0 Å². The fourth-order valence-corrected chi connectivity index (χ4v) is 1.59. The Labute approximate surface area is 96.6 Å². The van der Waals surface area contributed by atoms with Crippen LogP contribution in [-0.4, -0.2) is 27.1 Å². The van der Waals surface area contributed by atoms with Gasteiger partial charge in [0, 0.05) is 16.6 Å². The number of halogens is 1. The standard InChI is InChI=1S/C8H4BrNO6/c9-6-4(7(11)12)1-3(10(15)16)2-5(6)8(13)14/h1-2H,(H,11,12)(H,13,14). The number of nitro benzene ring substituents is 1. The Bertz CT molecular complexity index is 462. The van der Waals surface area contributed by atoms with Crippen LogP contribution in [-0.2, 0) is 0 Å². The molecule has 7 nitrogen and oxygen atoms in total. The minimum Gasteiger partial charge on any atom is -0.478 e. The normalized spacial score (nSPS) is 9.81. The highest BCUT2D eigenvalue weighted by molar-refractivity contribution is 9.10. The minimum absolute atomic E-state index is 0.196. The molecule has 0 bridgehead atoms. The lowest BCUT2D eigenvalue weighted by atomic mass is 10.1. The Morgan fingerprint density at radius 2 is 1.56 bits per heavy atom. The van der Waals surface area contributed by atoms with E-state index in [9.17, 15) is 19.7 Å². The zero-order valence-electron chi connectivity index (χ0n) is 7.51. The first-order chi connectivity index (χ1) is 7.34. The predicted molar refractivity (Wildman–Crippen MR) is 54.7 cm³/mol. The van der Waals surface area contributed by atoms with E-state index in [0.717, 1.165) is 12.1 Å². The monoisotopic (exact) mass is 289 g/mol. The molecule has 0 atom stereocenters. The second-order valence-corrected chi connectivity index (χ2v) is 3.52. The minimum atomic E-state index is -1.45. The number of benzene rings is 1. The van der Waals surface area contributed by atoms with Gasteiger partial charge in [-0.1, -0.05) is 0 Å². The molecule has 16 heavy (non-hydrogen) atoms. The fraction of sp³-hybridized carbons (Fsp3) is 0. The van der Waals surface area contributed by atoms with E-state index in [-0.39, 0.29) is 4.47 Å². The van der Waals surface area contributed by atoms with Crippen molar-refractivity contribution >= 4 is 33.6 Å². The molecule has 0 aliphatic heterocycles. The van der Waals surface area contributed by atoms with Crippen LogP contribution in [0.4, 0.5) is 5.69 Å². The summed E-state index contributed by atoms with van der Waals surface area (Å²) >= 11 is 2.78. The van der Waals surface area contributed by atoms with Gasteiger partial charge in [0.25, 0.3) is 5.69 Å². The van der Waals surface area contributed by atoms with Crippen LogP contribution in [0.1, 0.15) is 20.7 Å². The summed E-state index contributed by atoms with van der Waals surface area (Å²) in [5.74, 6) is -2.89. The van der Waals surface area contributed by atoms with Gasteiger partial charge in [-0.25, -0.2) is 9.59 Å². The van der Waals surface area contributed by atoms with Crippen molar-refractivity contribution in [3.8, 4) is 0 Å². The summed E-state index contributed by atoms with van der Waals surface area (Å²) in [4.78, 5) is 31.1.